The molecule has 13 heavy (non-hydrogen) atoms. The molecule has 1 amide bonds. The molecule has 1 rings (SSSR count). The Kier molecular flexibility index (Phi) is 4.18. The lowest BCUT2D eigenvalue weighted by atomic mass is 10.3. The highest BCUT2D eigenvalue weighted by Crippen LogP contribution is 2.06. The second-order valence-corrected chi connectivity index (χ2v) is 3.60. The number of pyridine rings is 1. The van der Waals surface area contributed by atoms with Gasteiger partial charge in [0.25, 0.3) is 5.91 Å². The van der Waals surface area contributed by atoms with Crippen molar-refractivity contribution in [1.29, 1.82) is 0 Å². The van der Waals surface area contributed by atoms with E-state index in [9.17, 15) is 4.79 Å². The molecule has 1 N–H and O–H groups in total. The van der Waals surface area contributed by atoms with Gasteiger partial charge in [0.15, 0.2) is 0 Å². The van der Waals surface area contributed by atoms with Crippen molar-refractivity contribution in [3.63, 3.8) is 0 Å². The van der Waals surface area contributed by atoms with Gasteiger partial charge in [0.1, 0.15) is 5.69 Å². The highest BCUT2D eigenvalue weighted by atomic mass is 79.9. The van der Waals surface area contributed by atoms with Gasteiger partial charge < -0.3 is 5.32 Å². The van der Waals surface area contributed by atoms with Crippen LogP contribution in [0, 0.1) is 0 Å². The molecular weight excluding hydrogens is 255 g/mol. The maximum Gasteiger partial charge on any atom is 0.269 e. The summed E-state index contributed by atoms with van der Waals surface area (Å²) in [5.74, 6) is 0.204. The molecule has 1 aromatic rings. The van der Waals surface area contributed by atoms with E-state index in [4.69, 9.17) is 11.6 Å². The second-order valence-electron chi connectivity index (χ2n) is 2.31. The third kappa shape index (κ3) is 3.32. The largest absolute Gasteiger partial charge is 0.350 e. The van der Waals surface area contributed by atoms with Gasteiger partial charge in [0.05, 0.1) is 0 Å². The molecule has 0 spiro atoms. The van der Waals surface area contributed by atoms with Crippen LogP contribution >= 0.6 is 27.5 Å². The summed E-state index contributed by atoms with van der Waals surface area (Å²) >= 11 is 8.65. The third-order valence-corrected chi connectivity index (χ3v) is 2.00. The predicted octanol–water partition coefficient (Wildman–Crippen LogP) is 1.81. The Hall–Kier alpha value is -0.610. The van der Waals surface area contributed by atoms with E-state index in [1.165, 1.54) is 0 Å². The van der Waals surface area contributed by atoms with Gasteiger partial charge in [-0.25, -0.2) is 4.98 Å². The van der Waals surface area contributed by atoms with E-state index in [-0.39, 0.29) is 5.91 Å². The zero-order valence-corrected chi connectivity index (χ0v) is 9.10. The molecule has 5 heteroatoms. The van der Waals surface area contributed by atoms with Crippen molar-refractivity contribution < 1.29 is 4.79 Å². The fourth-order valence-electron chi connectivity index (χ4n) is 0.761. The maximum absolute atomic E-state index is 11.3. The Morgan fingerprint density at radius 3 is 2.92 bits per heavy atom. The number of aromatic nitrogens is 1. The lowest BCUT2D eigenvalue weighted by Gasteiger charge is -2.01. The van der Waals surface area contributed by atoms with E-state index in [0.717, 1.165) is 4.47 Å². The lowest BCUT2D eigenvalue weighted by Crippen LogP contribution is -2.25. The van der Waals surface area contributed by atoms with Crippen LogP contribution in [0.5, 0.6) is 0 Å². The molecule has 0 radical (unpaired) electrons. The van der Waals surface area contributed by atoms with Gasteiger partial charge in [0.2, 0.25) is 0 Å². The summed E-state index contributed by atoms with van der Waals surface area (Å²) in [6, 6.07) is 3.41. The first-order chi connectivity index (χ1) is 6.24. The Labute approximate surface area is 89.6 Å². The van der Waals surface area contributed by atoms with Crippen molar-refractivity contribution in [2.24, 2.45) is 0 Å². The number of alkyl halides is 1. The van der Waals surface area contributed by atoms with E-state index in [0.29, 0.717) is 18.1 Å². The zero-order valence-electron chi connectivity index (χ0n) is 6.76. The van der Waals surface area contributed by atoms with Crippen molar-refractivity contribution in [3.05, 3.63) is 28.5 Å². The molecule has 0 saturated heterocycles. The molecule has 0 aliphatic rings. The van der Waals surface area contributed by atoms with E-state index >= 15 is 0 Å². The minimum absolute atomic E-state index is 0.201. The van der Waals surface area contributed by atoms with Gasteiger partial charge in [-0.1, -0.05) is 0 Å². The normalized spacial score (nSPS) is 9.69. The van der Waals surface area contributed by atoms with Crippen LogP contribution in [0.25, 0.3) is 0 Å². The van der Waals surface area contributed by atoms with Crippen LogP contribution in [0.2, 0.25) is 0 Å². The number of hydrogen-bond donors (Lipinski definition) is 1. The molecule has 0 saturated carbocycles. The van der Waals surface area contributed by atoms with Crippen LogP contribution in [0.15, 0.2) is 22.8 Å². The molecule has 0 aliphatic carbocycles. The summed E-state index contributed by atoms with van der Waals surface area (Å²) in [5, 5.41) is 2.62. The number of amides is 1. The molecule has 0 bridgehead atoms. The summed E-state index contributed by atoms with van der Waals surface area (Å²) < 4.78 is 0.849. The molecule has 70 valence electrons. The van der Waals surface area contributed by atoms with Crippen molar-refractivity contribution >= 4 is 33.4 Å². The number of nitrogens with one attached hydrogen (secondary N) is 1. The Bertz CT molecular complexity index is 289. The molecule has 0 aliphatic heterocycles. The van der Waals surface area contributed by atoms with Gasteiger partial charge in [-0.05, 0) is 28.1 Å². The van der Waals surface area contributed by atoms with Crippen molar-refractivity contribution in [2.45, 2.75) is 0 Å². The second kappa shape index (κ2) is 5.19. The number of halogens is 2. The monoisotopic (exact) mass is 262 g/mol. The fourth-order valence-corrected chi connectivity index (χ4v) is 1.09. The summed E-state index contributed by atoms with van der Waals surface area (Å²) in [6.45, 7) is 0.456. The van der Waals surface area contributed by atoms with Crippen molar-refractivity contribution in [2.75, 3.05) is 12.4 Å². The van der Waals surface area contributed by atoms with Crippen LogP contribution in [0.1, 0.15) is 10.5 Å². The molecule has 0 atom stereocenters. The Balaban J connectivity index is 2.61. The van der Waals surface area contributed by atoms with E-state index in [1.807, 2.05) is 0 Å². The smallest absolute Gasteiger partial charge is 0.269 e. The molecule has 0 aromatic carbocycles. The predicted molar refractivity (Wildman–Crippen MR) is 55.0 cm³/mol. The van der Waals surface area contributed by atoms with Gasteiger partial charge in [-0.2, -0.15) is 0 Å². The Morgan fingerprint density at radius 1 is 1.62 bits per heavy atom. The average molecular weight is 264 g/mol. The minimum atomic E-state index is -0.201. The van der Waals surface area contributed by atoms with Crippen LogP contribution in [0.4, 0.5) is 0 Å². The van der Waals surface area contributed by atoms with E-state index < -0.39 is 0 Å². The quantitative estimate of drug-likeness (QED) is 0.845. The first kappa shape index (κ1) is 10.5. The van der Waals surface area contributed by atoms with Crippen LogP contribution < -0.4 is 5.32 Å². The standard InChI is InChI=1S/C8H8BrClN2O/c9-6-1-2-7(12-5-6)8(13)11-4-3-10/h1-2,5H,3-4H2,(H,11,13). The van der Waals surface area contributed by atoms with Gasteiger partial charge >= 0.3 is 0 Å². The maximum atomic E-state index is 11.3. The van der Waals surface area contributed by atoms with Crippen LogP contribution in [-0.4, -0.2) is 23.3 Å². The van der Waals surface area contributed by atoms with Crippen LogP contribution in [-0.2, 0) is 0 Å². The first-order valence-corrected chi connectivity index (χ1v) is 5.02. The summed E-state index contributed by atoms with van der Waals surface area (Å²) in [6.07, 6.45) is 1.58. The van der Waals surface area contributed by atoms with Gasteiger partial charge in [-0.15, -0.1) is 11.6 Å². The van der Waals surface area contributed by atoms with Crippen molar-refractivity contribution in [3.8, 4) is 0 Å². The highest BCUT2D eigenvalue weighted by Gasteiger charge is 2.04. The van der Waals surface area contributed by atoms with E-state index in [1.54, 1.807) is 18.3 Å². The minimum Gasteiger partial charge on any atom is -0.350 e. The van der Waals surface area contributed by atoms with E-state index in [2.05, 4.69) is 26.2 Å². The topological polar surface area (TPSA) is 42.0 Å². The van der Waals surface area contributed by atoms with Crippen LogP contribution in [0.3, 0.4) is 0 Å². The SMILES string of the molecule is O=C(NCCCl)c1ccc(Br)cn1. The molecule has 0 fully saturated rings. The highest BCUT2D eigenvalue weighted by molar-refractivity contribution is 9.10. The number of hydrogen-bond acceptors (Lipinski definition) is 2. The summed E-state index contributed by atoms with van der Waals surface area (Å²) in [4.78, 5) is 15.2. The summed E-state index contributed by atoms with van der Waals surface area (Å²) in [7, 11) is 0. The lowest BCUT2D eigenvalue weighted by molar-refractivity contribution is 0.0951. The van der Waals surface area contributed by atoms with Gasteiger partial charge in [-0.3, -0.25) is 4.79 Å². The Morgan fingerprint density at radius 2 is 2.38 bits per heavy atom. The summed E-state index contributed by atoms with van der Waals surface area (Å²) in [5.41, 5.74) is 0.397. The number of carbonyl (C=O) groups excluding carboxylic acids is 1. The first-order valence-electron chi connectivity index (χ1n) is 3.70. The van der Waals surface area contributed by atoms with Crippen molar-refractivity contribution in [1.82, 2.24) is 10.3 Å². The van der Waals surface area contributed by atoms with Gasteiger partial charge in [0, 0.05) is 23.1 Å². The average Bonchev–Trinajstić information content (AvgIpc) is 2.15. The number of rotatable bonds is 3. The fraction of sp³-hybridized carbons (Fsp3) is 0.250. The molecule has 0 unspecified atom stereocenters. The molecular formula is C8H8BrClN2O. The number of nitrogens with zero attached hydrogens (tertiary/aromatic N) is 1. The number of carbonyl (C=O) groups is 1. The zero-order chi connectivity index (χ0) is 9.68. The molecule has 3 nitrogen and oxygen atoms in total. The third-order valence-electron chi connectivity index (χ3n) is 1.34. The molecule has 1 heterocycles. The molecule has 1 aromatic heterocycles.